The molecule has 4 nitrogen and oxygen atoms in total. The molecule has 0 saturated carbocycles. The number of carboxylic acids is 2. The Bertz CT molecular complexity index is 799. The molecule has 4 heteroatoms. The van der Waals surface area contributed by atoms with E-state index in [-0.39, 0.29) is 0 Å². The molecule has 214 valence electrons. The maximum atomic E-state index is 13.8. The lowest BCUT2D eigenvalue weighted by atomic mass is 9.59. The number of aliphatic carboxylic acids is 2. The van der Waals surface area contributed by atoms with E-state index in [1.54, 1.807) is 0 Å². The molecule has 2 N–H and O–H groups in total. The fraction of sp³-hybridized carbons (Fsp3) is 0.765. The van der Waals surface area contributed by atoms with Gasteiger partial charge in [0.2, 0.25) is 0 Å². The van der Waals surface area contributed by atoms with Crippen molar-refractivity contribution in [3.05, 3.63) is 34.9 Å². The van der Waals surface area contributed by atoms with Crippen molar-refractivity contribution in [3.63, 3.8) is 0 Å². The summed E-state index contributed by atoms with van der Waals surface area (Å²) in [6.45, 7) is 0. The third kappa shape index (κ3) is 8.58. The molecule has 0 aromatic heterocycles. The first-order valence-corrected chi connectivity index (χ1v) is 16.1. The van der Waals surface area contributed by atoms with Crippen molar-refractivity contribution < 1.29 is 19.8 Å². The van der Waals surface area contributed by atoms with Gasteiger partial charge in [-0.15, -0.1) is 0 Å². The maximum Gasteiger partial charge on any atom is 0.319 e. The number of carboxylic acid groups (broad SMARTS) is 2. The van der Waals surface area contributed by atoms with E-state index in [1.165, 1.54) is 57.8 Å². The topological polar surface area (TPSA) is 74.6 Å². The summed E-state index contributed by atoms with van der Waals surface area (Å²) in [5, 5.41) is 22.3. The van der Waals surface area contributed by atoms with Crippen LogP contribution in [-0.4, -0.2) is 22.2 Å². The van der Waals surface area contributed by atoms with Crippen LogP contribution >= 0.6 is 0 Å². The van der Waals surface area contributed by atoms with Crippen molar-refractivity contribution in [3.8, 4) is 0 Å². The van der Waals surface area contributed by atoms with Crippen LogP contribution in [0.25, 0.3) is 0 Å². The van der Waals surface area contributed by atoms with Crippen LogP contribution in [0.3, 0.4) is 0 Å². The van der Waals surface area contributed by atoms with Gasteiger partial charge in [-0.3, -0.25) is 9.59 Å². The first-order chi connectivity index (χ1) is 18.6. The average Bonchev–Trinajstić information content (AvgIpc) is 2.91. The Labute approximate surface area is 232 Å². The van der Waals surface area contributed by atoms with E-state index in [2.05, 4.69) is 18.2 Å². The van der Waals surface area contributed by atoms with E-state index in [0.717, 1.165) is 93.8 Å². The molecule has 0 amide bonds. The molecule has 3 rings (SSSR count). The van der Waals surface area contributed by atoms with Crippen LogP contribution in [0, 0.1) is 11.3 Å². The van der Waals surface area contributed by atoms with Gasteiger partial charge in [-0.2, -0.15) is 0 Å². The zero-order chi connectivity index (χ0) is 27.1. The van der Waals surface area contributed by atoms with Crippen LogP contribution in [0.2, 0.25) is 0 Å². The molecule has 0 radical (unpaired) electrons. The highest BCUT2D eigenvalue weighted by Crippen LogP contribution is 2.52. The molecule has 0 aromatic rings. The zero-order valence-electron chi connectivity index (χ0n) is 24.0. The molecular formula is C34H54O4. The predicted molar refractivity (Wildman–Crippen MR) is 156 cm³/mol. The van der Waals surface area contributed by atoms with E-state index in [9.17, 15) is 19.8 Å². The number of allylic oxidation sites excluding steroid dienone is 3. The normalized spacial score (nSPS) is 27.2. The lowest BCUT2D eigenvalue weighted by molar-refractivity contribution is -0.156. The van der Waals surface area contributed by atoms with Gasteiger partial charge in [0.05, 0.1) is 0 Å². The second-order valence-electron chi connectivity index (χ2n) is 12.1. The van der Waals surface area contributed by atoms with E-state index >= 15 is 0 Å². The molecule has 1 atom stereocenters. The highest BCUT2D eigenvalue weighted by Gasteiger charge is 2.55. The molecule has 3 aliphatic rings. The monoisotopic (exact) mass is 526 g/mol. The fourth-order valence-corrected chi connectivity index (χ4v) is 7.24. The summed E-state index contributed by atoms with van der Waals surface area (Å²) in [7, 11) is 0. The Morgan fingerprint density at radius 1 is 0.526 bits per heavy atom. The Balaban J connectivity index is 2.20. The van der Waals surface area contributed by atoms with Crippen molar-refractivity contribution in [2.24, 2.45) is 11.3 Å². The van der Waals surface area contributed by atoms with E-state index in [1.807, 2.05) is 0 Å². The van der Waals surface area contributed by atoms with Gasteiger partial charge in [0.25, 0.3) is 0 Å². The van der Waals surface area contributed by atoms with Crippen molar-refractivity contribution >= 4 is 11.9 Å². The quantitative estimate of drug-likeness (QED) is 0.338. The molecule has 0 aromatic carbocycles. The van der Waals surface area contributed by atoms with Crippen LogP contribution < -0.4 is 0 Å². The van der Waals surface area contributed by atoms with Gasteiger partial charge in [0.15, 0.2) is 0 Å². The smallest absolute Gasteiger partial charge is 0.319 e. The minimum absolute atomic E-state index is 0.695. The summed E-state index contributed by atoms with van der Waals surface area (Å²) >= 11 is 0. The standard InChI is InChI=1S/C34H54O4/c35-32(36)31(28-22-16-10-4-1-5-11-17-23-28)34(33(37)38,29-24-18-12-6-2-7-13-19-25-29)30-26-20-14-8-3-9-15-21-27-30/h22,24,26,31H,1-21,23,25,27H2,(H,35,36)(H,37,38)/b28-22+,29-24+,30-26+. The van der Waals surface area contributed by atoms with Crippen molar-refractivity contribution in [1.29, 1.82) is 0 Å². The summed E-state index contributed by atoms with van der Waals surface area (Å²) in [5.41, 5.74) is 1.18. The SMILES string of the molecule is O=C(O)C(/C1=C/CCCCCCCC1)C(C(=O)O)(/C1=C/CCCCCCCC1)/C1=C/CCCCCCCC1. The van der Waals surface area contributed by atoms with Crippen LogP contribution in [0.1, 0.15) is 154 Å². The van der Waals surface area contributed by atoms with Crippen LogP contribution in [-0.2, 0) is 9.59 Å². The molecular weight excluding hydrogens is 472 g/mol. The van der Waals surface area contributed by atoms with Gasteiger partial charge in [-0.05, 0) is 77.0 Å². The van der Waals surface area contributed by atoms with Crippen molar-refractivity contribution in [2.75, 3.05) is 0 Å². The maximum absolute atomic E-state index is 13.8. The third-order valence-corrected chi connectivity index (χ3v) is 9.31. The van der Waals surface area contributed by atoms with Gasteiger partial charge in [-0.1, -0.05) is 112 Å². The second kappa shape index (κ2) is 17.0. The summed E-state index contributed by atoms with van der Waals surface area (Å²) in [6, 6.07) is 0. The minimum atomic E-state index is -1.47. The van der Waals surface area contributed by atoms with Crippen molar-refractivity contribution in [1.82, 2.24) is 0 Å². The number of hydrogen-bond donors (Lipinski definition) is 2. The molecule has 0 bridgehead atoms. The summed E-state index contributed by atoms with van der Waals surface area (Å²) in [6.07, 6.45) is 31.2. The third-order valence-electron chi connectivity index (χ3n) is 9.31. The molecule has 0 saturated heterocycles. The molecule has 3 aliphatic carbocycles. The Morgan fingerprint density at radius 2 is 0.895 bits per heavy atom. The Hall–Kier alpha value is -1.84. The predicted octanol–water partition coefficient (Wildman–Crippen LogP) is 9.94. The average molecular weight is 527 g/mol. The van der Waals surface area contributed by atoms with Crippen LogP contribution in [0.5, 0.6) is 0 Å². The van der Waals surface area contributed by atoms with E-state index in [4.69, 9.17) is 0 Å². The van der Waals surface area contributed by atoms with Gasteiger partial charge >= 0.3 is 11.9 Å². The zero-order valence-corrected chi connectivity index (χ0v) is 24.0. The van der Waals surface area contributed by atoms with Gasteiger partial charge < -0.3 is 10.2 Å². The lowest BCUT2D eigenvalue weighted by Gasteiger charge is -2.41. The lowest BCUT2D eigenvalue weighted by Crippen LogP contribution is -2.47. The summed E-state index contributed by atoms with van der Waals surface area (Å²) in [4.78, 5) is 27.2. The second-order valence-corrected chi connectivity index (χ2v) is 12.1. The molecule has 0 fully saturated rings. The van der Waals surface area contributed by atoms with E-state index < -0.39 is 23.3 Å². The van der Waals surface area contributed by atoms with Gasteiger partial charge in [0, 0.05) is 0 Å². The highest BCUT2D eigenvalue weighted by molar-refractivity contribution is 5.91. The summed E-state index contributed by atoms with van der Waals surface area (Å²) in [5.74, 6) is -2.91. The van der Waals surface area contributed by atoms with Gasteiger partial charge in [0.1, 0.15) is 11.3 Å². The molecule has 38 heavy (non-hydrogen) atoms. The van der Waals surface area contributed by atoms with E-state index in [0.29, 0.717) is 19.3 Å². The summed E-state index contributed by atoms with van der Waals surface area (Å²) < 4.78 is 0. The minimum Gasteiger partial charge on any atom is -0.481 e. The first kappa shape index (κ1) is 30.7. The highest BCUT2D eigenvalue weighted by atomic mass is 16.4. The number of hydrogen-bond acceptors (Lipinski definition) is 2. The molecule has 0 aliphatic heterocycles. The molecule has 0 heterocycles. The largest absolute Gasteiger partial charge is 0.481 e. The fourth-order valence-electron chi connectivity index (χ4n) is 7.24. The van der Waals surface area contributed by atoms with Gasteiger partial charge in [-0.25, -0.2) is 0 Å². The first-order valence-electron chi connectivity index (χ1n) is 16.1. The Kier molecular flexibility index (Phi) is 13.7. The van der Waals surface area contributed by atoms with Crippen LogP contribution in [0.4, 0.5) is 0 Å². The number of rotatable bonds is 6. The van der Waals surface area contributed by atoms with Crippen molar-refractivity contribution in [2.45, 2.75) is 154 Å². The molecule has 1 unspecified atom stereocenters. The molecule has 0 spiro atoms. The van der Waals surface area contributed by atoms with Crippen LogP contribution in [0.15, 0.2) is 34.9 Å². The Morgan fingerprint density at radius 3 is 1.32 bits per heavy atom. The number of carbonyl (C=O) groups is 2.